The number of hydrogen-bond acceptors (Lipinski definition) is 4. The second-order valence-corrected chi connectivity index (χ2v) is 8.98. The molecule has 0 aliphatic carbocycles. The molecule has 31 heavy (non-hydrogen) atoms. The molecule has 0 unspecified atom stereocenters. The first-order chi connectivity index (χ1) is 14.8. The number of anilines is 2. The van der Waals surface area contributed by atoms with E-state index in [0.717, 1.165) is 31.6 Å². The zero-order chi connectivity index (χ0) is 22.4. The van der Waals surface area contributed by atoms with Crippen LogP contribution in [0.2, 0.25) is 0 Å². The normalized spacial score (nSPS) is 13.5. The van der Waals surface area contributed by atoms with Gasteiger partial charge in [0.2, 0.25) is 5.91 Å². The Morgan fingerprint density at radius 1 is 1.10 bits per heavy atom. The number of rotatable bonds is 7. The number of amides is 2. The highest BCUT2D eigenvalue weighted by Gasteiger charge is 2.24. The molecule has 0 atom stereocenters. The Labute approximate surface area is 185 Å². The van der Waals surface area contributed by atoms with Gasteiger partial charge in [-0.2, -0.15) is 0 Å². The molecule has 1 aliphatic rings. The van der Waals surface area contributed by atoms with Crippen LogP contribution >= 0.6 is 0 Å². The van der Waals surface area contributed by atoms with E-state index in [1.807, 2.05) is 32.9 Å². The van der Waals surface area contributed by atoms with Crippen molar-refractivity contribution in [2.24, 2.45) is 5.41 Å². The molecular weight excluding hydrogens is 390 g/mol. The summed E-state index contributed by atoms with van der Waals surface area (Å²) in [6, 6.07) is 14.0. The molecule has 0 spiro atoms. The third-order valence-corrected chi connectivity index (χ3v) is 5.46. The van der Waals surface area contributed by atoms with E-state index >= 15 is 0 Å². The van der Waals surface area contributed by atoms with Crippen molar-refractivity contribution in [3.8, 4) is 0 Å². The van der Waals surface area contributed by atoms with Crippen LogP contribution in [0, 0.1) is 5.41 Å². The van der Waals surface area contributed by atoms with Crippen LogP contribution in [-0.4, -0.2) is 38.6 Å². The van der Waals surface area contributed by atoms with Crippen molar-refractivity contribution >= 4 is 23.2 Å². The number of nitrogens with one attached hydrogen (secondary N) is 2. The lowest BCUT2D eigenvalue weighted by atomic mass is 9.95. The highest BCUT2D eigenvalue weighted by molar-refractivity contribution is 6.02. The molecule has 0 saturated carbocycles. The smallest absolute Gasteiger partial charge is 0.253 e. The number of ether oxygens (including phenoxy) is 1. The molecule has 0 aromatic heterocycles. The van der Waals surface area contributed by atoms with Gasteiger partial charge >= 0.3 is 0 Å². The lowest BCUT2D eigenvalue weighted by molar-refractivity contribution is -0.123. The standard InChI is InChI=1S/C25H33N3O3/c1-25(2,3)24(30)27-20-10-11-22(21(16-20)23(29)26-13-7-15-31-4)28-14-12-18-8-5-6-9-19(18)17-28/h5-6,8-11,16H,7,12-15,17H2,1-4H3,(H,26,29)(H,27,30). The van der Waals surface area contributed by atoms with E-state index in [9.17, 15) is 9.59 Å². The fourth-order valence-electron chi connectivity index (χ4n) is 3.61. The van der Waals surface area contributed by atoms with Crippen LogP contribution in [0.3, 0.4) is 0 Å². The van der Waals surface area contributed by atoms with Gasteiger partial charge in [-0.05, 0) is 42.2 Å². The molecule has 2 amide bonds. The van der Waals surface area contributed by atoms with Crippen molar-refractivity contribution in [2.45, 2.75) is 40.2 Å². The summed E-state index contributed by atoms with van der Waals surface area (Å²) in [6.07, 6.45) is 1.68. The van der Waals surface area contributed by atoms with Gasteiger partial charge < -0.3 is 20.3 Å². The molecule has 6 heteroatoms. The average molecular weight is 424 g/mol. The van der Waals surface area contributed by atoms with Crippen LogP contribution in [0.5, 0.6) is 0 Å². The maximum Gasteiger partial charge on any atom is 0.253 e. The van der Waals surface area contributed by atoms with Crippen LogP contribution in [0.15, 0.2) is 42.5 Å². The number of methoxy groups -OCH3 is 1. The van der Waals surface area contributed by atoms with Gasteiger partial charge in [0.25, 0.3) is 5.91 Å². The zero-order valence-electron chi connectivity index (χ0n) is 19.0. The van der Waals surface area contributed by atoms with Crippen molar-refractivity contribution < 1.29 is 14.3 Å². The van der Waals surface area contributed by atoms with Gasteiger partial charge in [-0.3, -0.25) is 9.59 Å². The van der Waals surface area contributed by atoms with E-state index in [-0.39, 0.29) is 11.8 Å². The predicted molar refractivity (Wildman–Crippen MR) is 125 cm³/mol. The minimum absolute atomic E-state index is 0.0846. The molecule has 3 rings (SSSR count). The summed E-state index contributed by atoms with van der Waals surface area (Å²) >= 11 is 0. The van der Waals surface area contributed by atoms with Crippen LogP contribution in [-0.2, 0) is 22.5 Å². The summed E-state index contributed by atoms with van der Waals surface area (Å²) in [4.78, 5) is 27.7. The van der Waals surface area contributed by atoms with Crippen molar-refractivity contribution in [3.05, 3.63) is 59.2 Å². The van der Waals surface area contributed by atoms with E-state index < -0.39 is 5.41 Å². The maximum absolute atomic E-state index is 13.1. The molecule has 1 aliphatic heterocycles. The van der Waals surface area contributed by atoms with E-state index in [1.165, 1.54) is 11.1 Å². The predicted octanol–water partition coefficient (Wildman–Crippen LogP) is 4.00. The number of nitrogens with zero attached hydrogens (tertiary/aromatic N) is 1. The summed E-state index contributed by atoms with van der Waals surface area (Å²) in [7, 11) is 1.65. The largest absolute Gasteiger partial charge is 0.385 e. The second kappa shape index (κ2) is 9.96. The number of carbonyl (C=O) groups excluding carboxylic acids is 2. The lowest BCUT2D eigenvalue weighted by Crippen LogP contribution is -2.34. The first-order valence-electron chi connectivity index (χ1n) is 10.8. The van der Waals surface area contributed by atoms with Gasteiger partial charge in [-0.25, -0.2) is 0 Å². The van der Waals surface area contributed by atoms with Crippen molar-refractivity contribution in [1.82, 2.24) is 5.32 Å². The molecule has 0 saturated heterocycles. The fraction of sp³-hybridized carbons (Fsp3) is 0.440. The number of benzene rings is 2. The fourth-order valence-corrected chi connectivity index (χ4v) is 3.61. The molecule has 2 aromatic rings. The summed E-state index contributed by atoms with van der Waals surface area (Å²) in [5.41, 5.74) is 4.21. The second-order valence-electron chi connectivity index (χ2n) is 8.98. The highest BCUT2D eigenvalue weighted by atomic mass is 16.5. The van der Waals surface area contributed by atoms with Gasteiger partial charge in [0.1, 0.15) is 0 Å². The molecule has 0 radical (unpaired) electrons. The Morgan fingerprint density at radius 3 is 2.55 bits per heavy atom. The topological polar surface area (TPSA) is 70.7 Å². The summed E-state index contributed by atoms with van der Waals surface area (Å²) in [6.45, 7) is 8.33. The highest BCUT2D eigenvalue weighted by Crippen LogP contribution is 2.30. The van der Waals surface area contributed by atoms with Gasteiger partial charge in [-0.1, -0.05) is 45.0 Å². The first-order valence-corrected chi connectivity index (χ1v) is 10.8. The number of carbonyl (C=O) groups is 2. The van der Waals surface area contributed by atoms with Gasteiger partial charge in [0.05, 0.1) is 5.56 Å². The SMILES string of the molecule is COCCCNC(=O)c1cc(NC(=O)C(C)(C)C)ccc1N1CCc2ccccc2C1. The molecule has 2 aromatic carbocycles. The first kappa shape index (κ1) is 22.8. The van der Waals surface area contributed by atoms with E-state index in [2.05, 4.69) is 39.8 Å². The third kappa shape index (κ3) is 5.85. The Balaban J connectivity index is 1.86. The minimum Gasteiger partial charge on any atom is -0.385 e. The molecule has 166 valence electrons. The Bertz CT molecular complexity index is 934. The summed E-state index contributed by atoms with van der Waals surface area (Å²) in [5.74, 6) is -0.226. The number of fused-ring (bicyclic) bond motifs is 1. The maximum atomic E-state index is 13.1. The average Bonchev–Trinajstić information content (AvgIpc) is 2.75. The summed E-state index contributed by atoms with van der Waals surface area (Å²) < 4.78 is 5.07. The van der Waals surface area contributed by atoms with Gasteiger partial charge in [0, 0.05) is 50.1 Å². The van der Waals surface area contributed by atoms with Crippen LogP contribution in [0.4, 0.5) is 11.4 Å². The van der Waals surface area contributed by atoms with Crippen molar-refractivity contribution in [2.75, 3.05) is 37.0 Å². The molecule has 1 heterocycles. The molecule has 6 nitrogen and oxygen atoms in total. The Morgan fingerprint density at radius 2 is 1.84 bits per heavy atom. The third-order valence-electron chi connectivity index (χ3n) is 5.46. The lowest BCUT2D eigenvalue weighted by Gasteiger charge is -2.32. The van der Waals surface area contributed by atoms with Crippen molar-refractivity contribution in [3.63, 3.8) is 0 Å². The molecule has 2 N–H and O–H groups in total. The van der Waals surface area contributed by atoms with Crippen LogP contribution in [0.25, 0.3) is 0 Å². The molecule has 0 bridgehead atoms. The van der Waals surface area contributed by atoms with Gasteiger partial charge in [0.15, 0.2) is 0 Å². The monoisotopic (exact) mass is 423 g/mol. The minimum atomic E-state index is -0.516. The molecule has 0 fully saturated rings. The molecular formula is C25H33N3O3. The van der Waals surface area contributed by atoms with Gasteiger partial charge in [-0.15, -0.1) is 0 Å². The van der Waals surface area contributed by atoms with E-state index in [4.69, 9.17) is 4.74 Å². The number of hydrogen-bond donors (Lipinski definition) is 2. The zero-order valence-corrected chi connectivity index (χ0v) is 19.0. The van der Waals surface area contributed by atoms with E-state index in [1.54, 1.807) is 13.2 Å². The van der Waals surface area contributed by atoms with Crippen molar-refractivity contribution in [1.29, 1.82) is 0 Å². The Kier molecular flexibility index (Phi) is 7.33. The summed E-state index contributed by atoms with van der Waals surface area (Å²) in [5, 5.41) is 5.93. The van der Waals surface area contributed by atoms with Crippen LogP contribution < -0.4 is 15.5 Å². The van der Waals surface area contributed by atoms with Crippen LogP contribution in [0.1, 0.15) is 48.7 Å². The quantitative estimate of drug-likeness (QED) is 0.661. The Hall–Kier alpha value is -2.86. The van der Waals surface area contributed by atoms with E-state index in [0.29, 0.717) is 24.4 Å².